The molecule has 5 heteroatoms. The highest BCUT2D eigenvalue weighted by Gasteiger charge is 2.47. The molecule has 1 aromatic heterocycles. The Morgan fingerprint density at radius 1 is 0.408 bits per heavy atom. The molecule has 0 saturated heterocycles. The number of hydrogen-bond acceptors (Lipinski definition) is 4. The Morgan fingerprint density at radius 2 is 0.859 bits per heavy atom. The molecule has 71 heavy (non-hydrogen) atoms. The molecule has 0 unspecified atom stereocenters. The van der Waals surface area contributed by atoms with Gasteiger partial charge < -0.3 is 19.1 Å². The zero-order valence-electron chi connectivity index (χ0n) is 43.6. The highest BCUT2D eigenvalue weighted by atomic mass is 16.3. The van der Waals surface area contributed by atoms with E-state index in [9.17, 15) is 0 Å². The summed E-state index contributed by atoms with van der Waals surface area (Å²) in [4.78, 5) is 7.41. The molecule has 0 radical (unpaired) electrons. The second-order valence-electron chi connectivity index (χ2n) is 23.9. The molecule has 0 aliphatic carbocycles. The number of rotatable bonds is 6. The van der Waals surface area contributed by atoms with E-state index < -0.39 is 0 Å². The van der Waals surface area contributed by atoms with Crippen LogP contribution in [0.3, 0.4) is 0 Å². The first-order valence-corrected chi connectivity index (χ1v) is 25.5. The molecule has 0 amide bonds. The topological polar surface area (TPSA) is 22.9 Å². The van der Waals surface area contributed by atoms with Gasteiger partial charge in [-0.05, 0) is 139 Å². The highest BCUT2D eigenvalue weighted by Crippen LogP contribution is 2.49. The van der Waals surface area contributed by atoms with Crippen LogP contribution in [0.4, 0.5) is 51.2 Å². The molecule has 8 aromatic carbocycles. The first-order chi connectivity index (χ1) is 33.8. The highest BCUT2D eigenvalue weighted by molar-refractivity contribution is 7.00. The third-order valence-corrected chi connectivity index (χ3v) is 14.9. The van der Waals surface area contributed by atoms with Gasteiger partial charge in [0, 0.05) is 56.4 Å². The van der Waals surface area contributed by atoms with Gasteiger partial charge in [0.05, 0.1) is 11.3 Å². The lowest BCUT2D eigenvalue weighted by molar-refractivity contribution is 0.590. The van der Waals surface area contributed by atoms with Gasteiger partial charge in [0.2, 0.25) is 0 Å². The maximum atomic E-state index is 7.53. The van der Waals surface area contributed by atoms with Crippen LogP contribution < -0.4 is 31.3 Å². The summed E-state index contributed by atoms with van der Waals surface area (Å²) in [5.41, 5.74) is 21.8. The average Bonchev–Trinajstić information content (AvgIpc) is 3.73. The van der Waals surface area contributed by atoms with E-state index in [1.54, 1.807) is 0 Å². The van der Waals surface area contributed by atoms with Gasteiger partial charge in [-0.3, -0.25) is 0 Å². The number of benzene rings is 8. The SMILES string of the molecule is CC(C)(C)c1ccc(N(c2ccc(C(C)(C)C)cc2)c2ccc3c(c2)N(c2ccc(C(C)(C)C)cc2)c2cccc4c2B3c2oc3c(-c5ccccc5)cccc3c2N4c2ccc(C(C)(C)C)cc2)cc1. The Morgan fingerprint density at radius 3 is 1.37 bits per heavy atom. The zero-order chi connectivity index (χ0) is 49.8. The molecule has 0 bridgehead atoms. The van der Waals surface area contributed by atoms with Crippen molar-refractivity contribution in [2.24, 2.45) is 0 Å². The molecule has 9 aromatic rings. The summed E-state index contributed by atoms with van der Waals surface area (Å²) < 4.78 is 7.53. The van der Waals surface area contributed by atoms with Crippen molar-refractivity contribution < 1.29 is 4.42 Å². The van der Waals surface area contributed by atoms with Crippen molar-refractivity contribution in [3.05, 3.63) is 204 Å². The van der Waals surface area contributed by atoms with E-state index in [0.717, 1.165) is 78.9 Å². The quantitative estimate of drug-likeness (QED) is 0.155. The van der Waals surface area contributed by atoms with Crippen molar-refractivity contribution in [1.29, 1.82) is 0 Å². The molecule has 0 N–H and O–H groups in total. The van der Waals surface area contributed by atoms with Crippen molar-refractivity contribution in [3.63, 3.8) is 0 Å². The normalized spacial score (nSPS) is 13.5. The molecule has 11 rings (SSSR count). The van der Waals surface area contributed by atoms with Crippen molar-refractivity contribution in [2.45, 2.75) is 105 Å². The average molecular weight is 928 g/mol. The number of anilines is 9. The third kappa shape index (κ3) is 8.04. The van der Waals surface area contributed by atoms with Crippen molar-refractivity contribution in [2.75, 3.05) is 14.7 Å². The second kappa shape index (κ2) is 16.7. The summed E-state index contributed by atoms with van der Waals surface area (Å²) in [5.74, 6) is 0. The largest absolute Gasteiger partial charge is 0.467 e. The Bertz CT molecular complexity index is 3370. The van der Waals surface area contributed by atoms with Gasteiger partial charge in [0.25, 0.3) is 6.71 Å². The van der Waals surface area contributed by atoms with Crippen LogP contribution in [0.2, 0.25) is 0 Å². The van der Waals surface area contributed by atoms with Gasteiger partial charge in [0.1, 0.15) is 5.58 Å². The summed E-state index contributed by atoms with van der Waals surface area (Å²) in [6, 6.07) is 68.1. The molecule has 2 aliphatic heterocycles. The molecule has 0 atom stereocenters. The Kier molecular flexibility index (Phi) is 10.9. The molecular weight excluding hydrogens is 862 g/mol. The standard InChI is InChI=1S/C66H66BN3O/c1-63(2,3)44-24-32-48(33-25-44)68(49-34-26-45(27-35-49)64(4,5)6)52-40-41-55-58(42-52)69(50-36-28-46(29-37-50)65(7,8)9)56-22-17-23-57-59(56)67(55)62-60(70(57)51-38-30-47(31-39-51)66(10,11)12)54-21-16-20-53(61(54)71-62)43-18-14-13-15-19-43/h13-42H,1-12H3. The monoisotopic (exact) mass is 928 g/mol. The van der Waals surface area contributed by atoms with Crippen molar-refractivity contribution >= 4 is 85.5 Å². The number of para-hydroxylation sites is 1. The fourth-order valence-electron chi connectivity index (χ4n) is 10.8. The van der Waals surface area contributed by atoms with Crippen LogP contribution in [0.15, 0.2) is 186 Å². The van der Waals surface area contributed by atoms with Gasteiger partial charge in [-0.2, -0.15) is 0 Å². The lowest BCUT2D eigenvalue weighted by Gasteiger charge is -2.43. The molecule has 2 aliphatic rings. The van der Waals surface area contributed by atoms with Crippen LogP contribution in [-0.4, -0.2) is 6.71 Å². The van der Waals surface area contributed by atoms with Crippen LogP contribution in [0.25, 0.3) is 22.1 Å². The predicted octanol–water partition coefficient (Wildman–Crippen LogP) is 16.8. The van der Waals surface area contributed by atoms with Crippen molar-refractivity contribution in [3.8, 4) is 11.1 Å². The molecule has 0 saturated carbocycles. The molecule has 3 heterocycles. The van der Waals surface area contributed by atoms with E-state index in [0.29, 0.717) is 0 Å². The maximum absolute atomic E-state index is 7.53. The van der Waals surface area contributed by atoms with E-state index in [1.165, 1.54) is 33.2 Å². The summed E-state index contributed by atoms with van der Waals surface area (Å²) in [7, 11) is 0. The summed E-state index contributed by atoms with van der Waals surface area (Å²) in [5, 5.41) is 1.10. The predicted molar refractivity (Wildman–Crippen MR) is 305 cm³/mol. The maximum Gasteiger partial charge on any atom is 0.297 e. The summed E-state index contributed by atoms with van der Waals surface area (Å²) in [6.45, 7) is 27.2. The van der Waals surface area contributed by atoms with E-state index in [-0.39, 0.29) is 28.4 Å². The minimum Gasteiger partial charge on any atom is -0.467 e. The number of furan rings is 1. The second-order valence-corrected chi connectivity index (χ2v) is 23.9. The third-order valence-electron chi connectivity index (χ3n) is 14.9. The molecule has 0 spiro atoms. The van der Waals surface area contributed by atoms with E-state index in [1.807, 2.05) is 0 Å². The number of hydrogen-bond donors (Lipinski definition) is 0. The lowest BCUT2D eigenvalue weighted by Crippen LogP contribution is -2.61. The number of fused-ring (bicyclic) bond motifs is 6. The Hall–Kier alpha value is -7.24. The van der Waals surface area contributed by atoms with Gasteiger partial charge in [0.15, 0.2) is 0 Å². The molecule has 354 valence electrons. The van der Waals surface area contributed by atoms with E-state index in [4.69, 9.17) is 4.42 Å². The number of nitrogens with zero attached hydrogens (tertiary/aromatic N) is 3. The fourth-order valence-corrected chi connectivity index (χ4v) is 10.8. The van der Waals surface area contributed by atoms with Crippen LogP contribution in [0, 0.1) is 0 Å². The molecular formula is C66H66BN3O. The zero-order valence-corrected chi connectivity index (χ0v) is 43.6. The lowest BCUT2D eigenvalue weighted by atomic mass is 9.35. The Labute approximate surface area is 422 Å². The smallest absolute Gasteiger partial charge is 0.297 e. The summed E-state index contributed by atoms with van der Waals surface area (Å²) >= 11 is 0. The van der Waals surface area contributed by atoms with Gasteiger partial charge in [-0.1, -0.05) is 186 Å². The first kappa shape index (κ1) is 46.2. The minimum atomic E-state index is -0.197. The molecule has 0 fully saturated rings. The van der Waals surface area contributed by atoms with E-state index >= 15 is 0 Å². The van der Waals surface area contributed by atoms with E-state index in [2.05, 4.69) is 280 Å². The minimum absolute atomic E-state index is 0.00737. The van der Waals surface area contributed by atoms with Gasteiger partial charge in [-0.15, -0.1) is 0 Å². The van der Waals surface area contributed by atoms with Crippen molar-refractivity contribution in [1.82, 2.24) is 0 Å². The van der Waals surface area contributed by atoms with Crippen LogP contribution in [0.1, 0.15) is 105 Å². The first-order valence-electron chi connectivity index (χ1n) is 25.5. The van der Waals surface area contributed by atoms with Crippen LogP contribution >= 0.6 is 0 Å². The van der Waals surface area contributed by atoms with Gasteiger partial charge >= 0.3 is 0 Å². The fraction of sp³-hybridized carbons (Fsp3) is 0.242. The van der Waals surface area contributed by atoms with Crippen LogP contribution in [0.5, 0.6) is 0 Å². The molecule has 4 nitrogen and oxygen atoms in total. The Balaban J connectivity index is 1.19. The van der Waals surface area contributed by atoms with Crippen LogP contribution in [-0.2, 0) is 21.7 Å². The van der Waals surface area contributed by atoms with Gasteiger partial charge in [-0.25, -0.2) is 0 Å². The summed E-state index contributed by atoms with van der Waals surface area (Å²) in [6.07, 6.45) is 0.